The maximum Gasteiger partial charge on any atom is 0.00783 e. The quantitative estimate of drug-likeness (QED) is 0.576. The SMILES string of the molecule is C1CC[C@@H]2S[C@@H]3CCCC[C@H]3C[C@H]2C1. The van der Waals surface area contributed by atoms with Crippen molar-refractivity contribution in [1.29, 1.82) is 0 Å². The molecule has 0 N–H and O–H groups in total. The van der Waals surface area contributed by atoms with E-state index in [1.54, 1.807) is 32.1 Å². The van der Waals surface area contributed by atoms with Crippen molar-refractivity contribution < 1.29 is 0 Å². The molecule has 1 heteroatoms. The van der Waals surface area contributed by atoms with Gasteiger partial charge in [0, 0.05) is 10.5 Å². The molecule has 14 heavy (non-hydrogen) atoms. The fraction of sp³-hybridized carbons (Fsp3) is 1.00. The lowest BCUT2D eigenvalue weighted by Gasteiger charge is -2.45. The van der Waals surface area contributed by atoms with Gasteiger partial charge in [0.2, 0.25) is 0 Å². The third-order valence-corrected chi connectivity index (χ3v) is 6.57. The molecule has 80 valence electrons. The van der Waals surface area contributed by atoms with Gasteiger partial charge in [-0.2, -0.15) is 11.8 Å². The predicted molar refractivity (Wildman–Crippen MR) is 63.7 cm³/mol. The van der Waals surface area contributed by atoms with Gasteiger partial charge in [-0.15, -0.1) is 0 Å². The Labute approximate surface area is 92.2 Å². The normalized spacial score (nSPS) is 48.0. The third-order valence-electron chi connectivity index (χ3n) is 4.63. The molecule has 2 aliphatic carbocycles. The summed E-state index contributed by atoms with van der Waals surface area (Å²) in [6.07, 6.45) is 13.9. The summed E-state index contributed by atoms with van der Waals surface area (Å²) in [4.78, 5) is 0. The van der Waals surface area contributed by atoms with Gasteiger partial charge in [-0.3, -0.25) is 0 Å². The first-order valence-electron chi connectivity index (χ1n) is 6.59. The number of hydrogen-bond donors (Lipinski definition) is 0. The molecule has 0 radical (unpaired) electrons. The van der Waals surface area contributed by atoms with Crippen LogP contribution in [0.2, 0.25) is 0 Å². The maximum absolute atomic E-state index is 2.40. The van der Waals surface area contributed by atoms with Crippen molar-refractivity contribution in [1.82, 2.24) is 0 Å². The van der Waals surface area contributed by atoms with Gasteiger partial charge in [0.1, 0.15) is 0 Å². The fourth-order valence-corrected chi connectivity index (χ4v) is 5.85. The van der Waals surface area contributed by atoms with E-state index in [9.17, 15) is 0 Å². The number of hydrogen-bond acceptors (Lipinski definition) is 1. The van der Waals surface area contributed by atoms with E-state index >= 15 is 0 Å². The van der Waals surface area contributed by atoms with Crippen molar-refractivity contribution in [2.24, 2.45) is 11.8 Å². The maximum atomic E-state index is 2.40. The second-order valence-electron chi connectivity index (χ2n) is 5.54. The van der Waals surface area contributed by atoms with Crippen LogP contribution < -0.4 is 0 Å². The van der Waals surface area contributed by atoms with Crippen molar-refractivity contribution >= 4 is 11.8 Å². The van der Waals surface area contributed by atoms with Crippen molar-refractivity contribution in [3.8, 4) is 0 Å². The molecule has 1 saturated heterocycles. The summed E-state index contributed by atoms with van der Waals surface area (Å²) < 4.78 is 0. The average Bonchev–Trinajstić information content (AvgIpc) is 2.26. The Bertz CT molecular complexity index is 159. The second kappa shape index (κ2) is 4.08. The summed E-state index contributed by atoms with van der Waals surface area (Å²) >= 11 is 2.40. The Morgan fingerprint density at radius 1 is 0.643 bits per heavy atom. The molecular weight excluding hydrogens is 188 g/mol. The van der Waals surface area contributed by atoms with Gasteiger partial charge in [0.25, 0.3) is 0 Å². The van der Waals surface area contributed by atoms with E-state index in [-0.39, 0.29) is 0 Å². The molecular formula is C13H22S. The first-order valence-corrected chi connectivity index (χ1v) is 7.53. The van der Waals surface area contributed by atoms with Gasteiger partial charge in [-0.05, 0) is 43.9 Å². The number of rotatable bonds is 0. The second-order valence-corrected chi connectivity index (χ2v) is 7.02. The number of thioether (sulfide) groups is 1. The van der Waals surface area contributed by atoms with Crippen molar-refractivity contribution in [3.05, 3.63) is 0 Å². The van der Waals surface area contributed by atoms with E-state index in [4.69, 9.17) is 0 Å². The Balaban J connectivity index is 1.68. The third kappa shape index (κ3) is 1.73. The van der Waals surface area contributed by atoms with E-state index in [1.807, 2.05) is 0 Å². The van der Waals surface area contributed by atoms with Crippen molar-refractivity contribution in [2.45, 2.75) is 68.3 Å². The number of fused-ring (bicyclic) bond motifs is 2. The van der Waals surface area contributed by atoms with Gasteiger partial charge in [0.15, 0.2) is 0 Å². The first kappa shape index (κ1) is 9.57. The van der Waals surface area contributed by atoms with E-state index in [2.05, 4.69) is 11.8 Å². The highest BCUT2D eigenvalue weighted by atomic mass is 32.2. The lowest BCUT2D eigenvalue weighted by Crippen LogP contribution is -2.37. The van der Waals surface area contributed by atoms with E-state index < -0.39 is 0 Å². The van der Waals surface area contributed by atoms with Crippen LogP contribution in [0.5, 0.6) is 0 Å². The minimum atomic E-state index is 1.07. The average molecular weight is 210 g/mol. The minimum absolute atomic E-state index is 1.07. The minimum Gasteiger partial charge on any atom is -0.155 e. The highest BCUT2D eigenvalue weighted by Crippen LogP contribution is 2.50. The summed E-state index contributed by atoms with van der Waals surface area (Å²) in [5.41, 5.74) is 0. The molecule has 0 bridgehead atoms. The molecule has 3 fully saturated rings. The van der Waals surface area contributed by atoms with Crippen LogP contribution in [0.4, 0.5) is 0 Å². The molecule has 0 amide bonds. The van der Waals surface area contributed by atoms with Crippen LogP contribution >= 0.6 is 11.8 Å². The van der Waals surface area contributed by atoms with Crippen molar-refractivity contribution in [2.75, 3.05) is 0 Å². The lowest BCUT2D eigenvalue weighted by atomic mass is 9.76. The molecule has 0 nitrogen and oxygen atoms in total. The van der Waals surface area contributed by atoms with Gasteiger partial charge in [0.05, 0.1) is 0 Å². The molecule has 0 spiro atoms. The zero-order valence-corrected chi connectivity index (χ0v) is 9.90. The molecule has 0 aromatic carbocycles. The largest absolute Gasteiger partial charge is 0.155 e. The summed E-state index contributed by atoms with van der Waals surface area (Å²) in [6.45, 7) is 0. The molecule has 3 aliphatic rings. The molecule has 3 rings (SSSR count). The molecule has 0 unspecified atom stereocenters. The summed E-state index contributed by atoms with van der Waals surface area (Å²) in [7, 11) is 0. The van der Waals surface area contributed by atoms with Crippen LogP contribution in [0.25, 0.3) is 0 Å². The Morgan fingerprint density at radius 2 is 1.14 bits per heavy atom. The highest BCUT2D eigenvalue weighted by Gasteiger charge is 2.39. The van der Waals surface area contributed by atoms with Crippen LogP contribution in [-0.2, 0) is 0 Å². The van der Waals surface area contributed by atoms with Gasteiger partial charge in [-0.1, -0.05) is 25.7 Å². The van der Waals surface area contributed by atoms with Crippen LogP contribution in [0.15, 0.2) is 0 Å². The van der Waals surface area contributed by atoms with Crippen LogP contribution in [-0.4, -0.2) is 10.5 Å². The predicted octanol–water partition coefficient (Wildman–Crippen LogP) is 4.24. The van der Waals surface area contributed by atoms with Gasteiger partial charge >= 0.3 is 0 Å². The van der Waals surface area contributed by atoms with Crippen LogP contribution in [0, 0.1) is 11.8 Å². The molecule has 2 saturated carbocycles. The summed E-state index contributed by atoms with van der Waals surface area (Å²) in [5, 5.41) is 2.14. The highest BCUT2D eigenvalue weighted by molar-refractivity contribution is 8.00. The first-order chi connectivity index (χ1) is 6.93. The molecule has 4 atom stereocenters. The molecule has 0 aromatic heterocycles. The zero-order valence-electron chi connectivity index (χ0n) is 9.08. The van der Waals surface area contributed by atoms with E-state index in [1.165, 1.54) is 25.7 Å². The summed E-state index contributed by atoms with van der Waals surface area (Å²) in [5.74, 6) is 2.24. The summed E-state index contributed by atoms with van der Waals surface area (Å²) in [6, 6.07) is 0. The molecule has 1 heterocycles. The standard InChI is InChI=1S/C13H22S/c1-3-7-12-10(5-1)9-11-6-2-4-8-13(11)14-12/h10-13H,1-9H2/t10-,11+,12+,13-. The topological polar surface area (TPSA) is 0 Å². The monoisotopic (exact) mass is 210 g/mol. The van der Waals surface area contributed by atoms with Gasteiger partial charge in [-0.25, -0.2) is 0 Å². The van der Waals surface area contributed by atoms with Crippen molar-refractivity contribution in [3.63, 3.8) is 0 Å². The molecule has 0 aromatic rings. The Morgan fingerprint density at radius 3 is 1.71 bits per heavy atom. The van der Waals surface area contributed by atoms with Crippen LogP contribution in [0.1, 0.15) is 57.8 Å². The smallest absolute Gasteiger partial charge is 0.00783 e. The van der Waals surface area contributed by atoms with E-state index in [0.717, 1.165) is 22.3 Å². The van der Waals surface area contributed by atoms with Gasteiger partial charge < -0.3 is 0 Å². The lowest BCUT2D eigenvalue weighted by molar-refractivity contribution is 0.238. The Kier molecular flexibility index (Phi) is 2.79. The fourth-order valence-electron chi connectivity index (χ4n) is 3.86. The van der Waals surface area contributed by atoms with E-state index in [0.29, 0.717) is 0 Å². The Hall–Kier alpha value is 0.350. The molecule has 1 aliphatic heterocycles. The van der Waals surface area contributed by atoms with Crippen LogP contribution in [0.3, 0.4) is 0 Å². The zero-order chi connectivity index (χ0) is 9.38.